The Balaban J connectivity index is 1.96. The Morgan fingerprint density at radius 1 is 1.39 bits per heavy atom. The average molecular weight is 339 g/mol. The van der Waals surface area contributed by atoms with Gasteiger partial charge in [0, 0.05) is 30.4 Å². The van der Waals surface area contributed by atoms with Crippen molar-refractivity contribution < 1.29 is 14.7 Å². The van der Waals surface area contributed by atoms with Crippen LogP contribution in [0.15, 0.2) is 24.3 Å². The van der Waals surface area contributed by atoms with Crippen LogP contribution in [0.25, 0.3) is 0 Å². The molecular weight excluding hydrogens is 316 g/mol. The molecule has 1 aliphatic heterocycles. The zero-order chi connectivity index (χ0) is 17.0. The van der Waals surface area contributed by atoms with Gasteiger partial charge in [0.15, 0.2) is 0 Å². The maximum Gasteiger partial charge on any atom is 0.239 e. The van der Waals surface area contributed by atoms with Crippen molar-refractivity contribution in [1.29, 1.82) is 0 Å². The topological polar surface area (TPSA) is 69.6 Å². The molecule has 1 heterocycles. The molecule has 0 aliphatic carbocycles. The molecule has 0 bridgehead atoms. The SMILES string of the molecule is CC(C)(CCO)CNC(=O)C1CCN(c2ccc(Cl)cc2)C1=O. The van der Waals surface area contributed by atoms with E-state index in [-0.39, 0.29) is 23.8 Å². The molecule has 1 aromatic rings. The van der Waals surface area contributed by atoms with E-state index in [1.165, 1.54) is 0 Å². The molecule has 0 aromatic heterocycles. The van der Waals surface area contributed by atoms with E-state index in [2.05, 4.69) is 5.32 Å². The molecule has 0 saturated carbocycles. The molecular formula is C17H23ClN2O3. The summed E-state index contributed by atoms with van der Waals surface area (Å²) in [5.41, 5.74) is 0.567. The number of hydrogen-bond acceptors (Lipinski definition) is 3. The Morgan fingerprint density at radius 2 is 2.04 bits per heavy atom. The van der Waals surface area contributed by atoms with Gasteiger partial charge < -0.3 is 15.3 Å². The van der Waals surface area contributed by atoms with Gasteiger partial charge in [-0.3, -0.25) is 9.59 Å². The van der Waals surface area contributed by atoms with E-state index in [0.29, 0.717) is 31.0 Å². The van der Waals surface area contributed by atoms with Crippen molar-refractivity contribution in [3.63, 3.8) is 0 Å². The highest BCUT2D eigenvalue weighted by atomic mass is 35.5. The second kappa shape index (κ2) is 7.32. The fraction of sp³-hybridized carbons (Fsp3) is 0.529. The maximum absolute atomic E-state index is 12.5. The van der Waals surface area contributed by atoms with Gasteiger partial charge in [0.1, 0.15) is 5.92 Å². The van der Waals surface area contributed by atoms with Crippen LogP contribution in [-0.2, 0) is 9.59 Å². The van der Waals surface area contributed by atoms with Crippen LogP contribution < -0.4 is 10.2 Å². The summed E-state index contributed by atoms with van der Waals surface area (Å²) in [4.78, 5) is 26.4. The second-order valence-corrected chi connectivity index (χ2v) is 7.10. The fourth-order valence-corrected chi connectivity index (χ4v) is 2.77. The van der Waals surface area contributed by atoms with Crippen molar-refractivity contribution in [2.75, 3.05) is 24.6 Å². The first kappa shape index (κ1) is 17.8. The fourth-order valence-electron chi connectivity index (χ4n) is 2.64. The van der Waals surface area contributed by atoms with Crippen LogP contribution in [0, 0.1) is 11.3 Å². The van der Waals surface area contributed by atoms with Crippen LogP contribution in [0.3, 0.4) is 0 Å². The number of benzene rings is 1. The van der Waals surface area contributed by atoms with Crippen LogP contribution in [0.1, 0.15) is 26.7 Å². The van der Waals surface area contributed by atoms with Gasteiger partial charge in [0.2, 0.25) is 11.8 Å². The van der Waals surface area contributed by atoms with E-state index in [0.717, 1.165) is 5.69 Å². The van der Waals surface area contributed by atoms with Crippen LogP contribution >= 0.6 is 11.6 Å². The first-order chi connectivity index (χ1) is 10.8. The molecule has 1 fully saturated rings. The molecule has 2 N–H and O–H groups in total. The number of rotatable bonds is 6. The number of nitrogens with zero attached hydrogens (tertiary/aromatic N) is 1. The van der Waals surface area contributed by atoms with Crippen molar-refractivity contribution in [2.45, 2.75) is 26.7 Å². The first-order valence-electron chi connectivity index (χ1n) is 7.79. The average Bonchev–Trinajstić information content (AvgIpc) is 2.87. The van der Waals surface area contributed by atoms with Gasteiger partial charge in [-0.25, -0.2) is 0 Å². The normalized spacial score (nSPS) is 18.3. The third-order valence-corrected chi connectivity index (χ3v) is 4.44. The summed E-state index contributed by atoms with van der Waals surface area (Å²) in [6.07, 6.45) is 1.11. The zero-order valence-electron chi connectivity index (χ0n) is 13.5. The van der Waals surface area contributed by atoms with Crippen molar-refractivity contribution in [2.24, 2.45) is 11.3 Å². The Morgan fingerprint density at radius 3 is 2.65 bits per heavy atom. The summed E-state index contributed by atoms with van der Waals surface area (Å²) in [6.45, 7) is 4.99. The summed E-state index contributed by atoms with van der Waals surface area (Å²) >= 11 is 5.86. The van der Waals surface area contributed by atoms with Gasteiger partial charge in [0.25, 0.3) is 0 Å². The number of aliphatic hydroxyl groups excluding tert-OH is 1. The lowest BCUT2D eigenvalue weighted by Gasteiger charge is -2.24. The van der Waals surface area contributed by atoms with E-state index in [1.807, 2.05) is 13.8 Å². The summed E-state index contributed by atoms with van der Waals surface area (Å²) in [5, 5.41) is 12.5. The number of carbonyl (C=O) groups excluding carboxylic acids is 2. The summed E-state index contributed by atoms with van der Waals surface area (Å²) in [5.74, 6) is -1.06. The van der Waals surface area contributed by atoms with Gasteiger partial charge in [-0.2, -0.15) is 0 Å². The third-order valence-electron chi connectivity index (χ3n) is 4.19. The van der Waals surface area contributed by atoms with E-state index < -0.39 is 5.92 Å². The first-order valence-corrected chi connectivity index (χ1v) is 8.17. The lowest BCUT2D eigenvalue weighted by molar-refractivity contribution is -0.132. The van der Waals surface area contributed by atoms with Gasteiger partial charge in [-0.05, 0) is 42.5 Å². The minimum absolute atomic E-state index is 0.0789. The molecule has 23 heavy (non-hydrogen) atoms. The van der Waals surface area contributed by atoms with E-state index in [1.54, 1.807) is 29.2 Å². The highest BCUT2D eigenvalue weighted by Gasteiger charge is 2.37. The second-order valence-electron chi connectivity index (χ2n) is 6.66. The van der Waals surface area contributed by atoms with Crippen LogP contribution in [0.5, 0.6) is 0 Å². The largest absolute Gasteiger partial charge is 0.396 e. The third kappa shape index (κ3) is 4.45. The standard InChI is InChI=1S/C17H23ClN2O3/c1-17(2,8-10-21)11-19-15(22)14-7-9-20(16(14)23)13-5-3-12(18)4-6-13/h3-6,14,21H,7-11H2,1-2H3,(H,19,22). The quantitative estimate of drug-likeness (QED) is 0.781. The minimum Gasteiger partial charge on any atom is -0.396 e. The van der Waals surface area contributed by atoms with Crippen molar-refractivity contribution in [1.82, 2.24) is 5.32 Å². The summed E-state index contributed by atoms with van der Waals surface area (Å²) < 4.78 is 0. The van der Waals surface area contributed by atoms with E-state index in [4.69, 9.17) is 16.7 Å². The van der Waals surface area contributed by atoms with Crippen molar-refractivity contribution >= 4 is 29.1 Å². The zero-order valence-corrected chi connectivity index (χ0v) is 14.3. The number of amides is 2. The molecule has 2 amide bonds. The maximum atomic E-state index is 12.5. The summed E-state index contributed by atoms with van der Waals surface area (Å²) in [6, 6.07) is 7.03. The number of hydrogen-bond donors (Lipinski definition) is 2. The molecule has 6 heteroatoms. The number of anilines is 1. The Bertz CT molecular complexity index is 572. The predicted molar refractivity (Wildman–Crippen MR) is 90.4 cm³/mol. The Hall–Kier alpha value is -1.59. The number of aliphatic hydroxyl groups is 1. The van der Waals surface area contributed by atoms with Crippen molar-refractivity contribution in [3.05, 3.63) is 29.3 Å². The molecule has 1 saturated heterocycles. The van der Waals surface area contributed by atoms with Gasteiger partial charge in [0.05, 0.1) is 0 Å². The molecule has 2 rings (SSSR count). The molecule has 0 spiro atoms. The molecule has 1 atom stereocenters. The monoisotopic (exact) mass is 338 g/mol. The molecule has 5 nitrogen and oxygen atoms in total. The lowest BCUT2D eigenvalue weighted by atomic mass is 9.89. The van der Waals surface area contributed by atoms with Crippen LogP contribution in [-0.4, -0.2) is 36.6 Å². The molecule has 0 radical (unpaired) electrons. The molecule has 1 aromatic carbocycles. The predicted octanol–water partition coefficient (Wildman–Crippen LogP) is 2.22. The number of nitrogens with one attached hydrogen (secondary N) is 1. The summed E-state index contributed by atoms with van der Waals surface area (Å²) in [7, 11) is 0. The molecule has 1 aliphatic rings. The smallest absolute Gasteiger partial charge is 0.239 e. The minimum atomic E-state index is -0.643. The molecule has 1 unspecified atom stereocenters. The lowest BCUT2D eigenvalue weighted by Crippen LogP contribution is -2.41. The van der Waals surface area contributed by atoms with Gasteiger partial charge in [-0.15, -0.1) is 0 Å². The van der Waals surface area contributed by atoms with Crippen LogP contribution in [0.2, 0.25) is 5.02 Å². The van der Waals surface area contributed by atoms with E-state index in [9.17, 15) is 9.59 Å². The number of halogens is 1. The Kier molecular flexibility index (Phi) is 5.65. The number of carbonyl (C=O) groups is 2. The Labute approximate surface area is 141 Å². The highest BCUT2D eigenvalue weighted by Crippen LogP contribution is 2.27. The van der Waals surface area contributed by atoms with Gasteiger partial charge in [-0.1, -0.05) is 25.4 Å². The van der Waals surface area contributed by atoms with Crippen molar-refractivity contribution in [3.8, 4) is 0 Å². The van der Waals surface area contributed by atoms with E-state index >= 15 is 0 Å². The van der Waals surface area contributed by atoms with Crippen LogP contribution in [0.4, 0.5) is 5.69 Å². The van der Waals surface area contributed by atoms with Gasteiger partial charge >= 0.3 is 0 Å². The molecule has 126 valence electrons. The highest BCUT2D eigenvalue weighted by molar-refractivity contribution is 6.30.